The summed E-state index contributed by atoms with van der Waals surface area (Å²) in [5.41, 5.74) is 0.0430. The van der Waals surface area contributed by atoms with E-state index in [1.165, 1.54) is 12.1 Å². The molecule has 0 saturated carbocycles. The van der Waals surface area contributed by atoms with Crippen LogP contribution in [0, 0.1) is 0 Å². The van der Waals surface area contributed by atoms with Crippen LogP contribution in [-0.4, -0.2) is 18.5 Å². The van der Waals surface area contributed by atoms with Crippen molar-refractivity contribution in [1.82, 2.24) is 5.32 Å². The van der Waals surface area contributed by atoms with Crippen molar-refractivity contribution in [2.75, 3.05) is 13.1 Å². The van der Waals surface area contributed by atoms with E-state index >= 15 is 0 Å². The Balaban J connectivity index is 2.40. The molecule has 0 radical (unpaired) electrons. The van der Waals surface area contributed by atoms with Crippen molar-refractivity contribution in [2.45, 2.75) is 24.6 Å². The van der Waals surface area contributed by atoms with Gasteiger partial charge >= 0.3 is 0 Å². The number of rotatable bonds is 6. The van der Waals surface area contributed by atoms with E-state index in [1.807, 2.05) is 6.92 Å². The molecule has 1 atom stereocenters. The fourth-order valence-corrected chi connectivity index (χ4v) is 1.44. The highest BCUT2D eigenvalue weighted by atomic mass is 35.5. The van der Waals surface area contributed by atoms with Crippen molar-refractivity contribution in [3.63, 3.8) is 0 Å². The van der Waals surface area contributed by atoms with Gasteiger partial charge in [-0.25, -0.2) is 0 Å². The van der Waals surface area contributed by atoms with Gasteiger partial charge in [-0.3, -0.25) is 0 Å². The summed E-state index contributed by atoms with van der Waals surface area (Å²) in [6.07, 6.45) is 0.687. The molecule has 16 heavy (non-hydrogen) atoms. The zero-order valence-corrected chi connectivity index (χ0v) is 9.98. The maximum Gasteiger partial charge on any atom is 0.285 e. The summed E-state index contributed by atoms with van der Waals surface area (Å²) in [7, 11) is 0. The number of benzene rings is 1. The fourth-order valence-electron chi connectivity index (χ4n) is 1.33. The van der Waals surface area contributed by atoms with E-state index in [1.54, 1.807) is 18.2 Å². The maximum atomic E-state index is 13.6. The van der Waals surface area contributed by atoms with E-state index in [4.69, 9.17) is 11.6 Å². The van der Waals surface area contributed by atoms with Crippen LogP contribution in [0.25, 0.3) is 0 Å². The number of nitrogens with one attached hydrogen (secondary N) is 1. The summed E-state index contributed by atoms with van der Waals surface area (Å²) in [6.45, 7) is 2.01. The second-order valence-corrected chi connectivity index (χ2v) is 4.56. The molecule has 1 unspecified atom stereocenters. The molecular weight excluding hydrogens is 232 g/mol. The number of hydrogen-bond donors (Lipinski definition) is 1. The van der Waals surface area contributed by atoms with Gasteiger partial charge in [-0.15, -0.1) is 11.6 Å². The molecule has 0 aliphatic rings. The highest BCUT2D eigenvalue weighted by Crippen LogP contribution is 2.26. The van der Waals surface area contributed by atoms with Gasteiger partial charge in [-0.05, 0) is 19.9 Å². The molecule has 0 heterocycles. The standard InChI is InChI=1S/C12H16ClF2N/c1-10(13)7-8-16-9-12(14,15)11-5-3-2-4-6-11/h2-6,10,16H,7-9H2,1H3. The van der Waals surface area contributed by atoms with Crippen molar-refractivity contribution in [2.24, 2.45) is 0 Å². The van der Waals surface area contributed by atoms with E-state index < -0.39 is 5.92 Å². The highest BCUT2D eigenvalue weighted by molar-refractivity contribution is 6.20. The van der Waals surface area contributed by atoms with E-state index in [-0.39, 0.29) is 17.5 Å². The minimum atomic E-state index is -2.82. The zero-order chi connectivity index (χ0) is 12.0. The van der Waals surface area contributed by atoms with Crippen molar-refractivity contribution in [1.29, 1.82) is 0 Å². The Morgan fingerprint density at radius 3 is 2.50 bits per heavy atom. The van der Waals surface area contributed by atoms with Crippen LogP contribution in [0.4, 0.5) is 8.78 Å². The van der Waals surface area contributed by atoms with Crippen molar-refractivity contribution in [3.8, 4) is 0 Å². The first-order valence-corrected chi connectivity index (χ1v) is 5.74. The van der Waals surface area contributed by atoms with Crippen molar-refractivity contribution < 1.29 is 8.78 Å². The van der Waals surface area contributed by atoms with E-state index in [9.17, 15) is 8.78 Å². The molecule has 0 aromatic heterocycles. The third kappa shape index (κ3) is 4.45. The zero-order valence-electron chi connectivity index (χ0n) is 9.22. The molecule has 0 bridgehead atoms. The summed E-state index contributed by atoms with van der Waals surface area (Å²) in [6, 6.07) is 7.83. The largest absolute Gasteiger partial charge is 0.311 e. The molecule has 4 heteroatoms. The molecular formula is C12H16ClF2N. The Morgan fingerprint density at radius 2 is 1.94 bits per heavy atom. The van der Waals surface area contributed by atoms with Gasteiger partial charge in [0.05, 0.1) is 6.54 Å². The Kier molecular flexibility index (Phi) is 5.16. The predicted octanol–water partition coefficient (Wildman–Crippen LogP) is 3.39. The van der Waals surface area contributed by atoms with E-state index in [2.05, 4.69) is 5.32 Å². The van der Waals surface area contributed by atoms with Gasteiger partial charge in [-0.2, -0.15) is 8.78 Å². The first kappa shape index (κ1) is 13.4. The average Bonchev–Trinajstić information content (AvgIpc) is 2.26. The van der Waals surface area contributed by atoms with E-state index in [0.29, 0.717) is 13.0 Å². The van der Waals surface area contributed by atoms with Gasteiger partial charge in [0.15, 0.2) is 0 Å². The quantitative estimate of drug-likeness (QED) is 0.600. The SMILES string of the molecule is CC(Cl)CCNCC(F)(F)c1ccccc1. The number of halogens is 3. The summed E-state index contributed by atoms with van der Waals surface area (Å²) in [5, 5.41) is 2.73. The topological polar surface area (TPSA) is 12.0 Å². The molecule has 0 amide bonds. The first-order chi connectivity index (χ1) is 7.52. The molecule has 0 aliphatic carbocycles. The second kappa shape index (κ2) is 6.16. The predicted molar refractivity (Wildman–Crippen MR) is 63.1 cm³/mol. The molecule has 0 fully saturated rings. The van der Waals surface area contributed by atoms with Crippen LogP contribution >= 0.6 is 11.6 Å². The molecule has 1 rings (SSSR count). The van der Waals surface area contributed by atoms with Gasteiger partial charge in [0.25, 0.3) is 5.92 Å². The lowest BCUT2D eigenvalue weighted by Gasteiger charge is -2.17. The average molecular weight is 248 g/mol. The van der Waals surface area contributed by atoms with Crippen LogP contribution in [-0.2, 0) is 5.92 Å². The van der Waals surface area contributed by atoms with Gasteiger partial charge in [0.2, 0.25) is 0 Å². The van der Waals surface area contributed by atoms with Crippen molar-refractivity contribution in [3.05, 3.63) is 35.9 Å². The van der Waals surface area contributed by atoms with Gasteiger partial charge < -0.3 is 5.32 Å². The molecule has 1 nitrogen and oxygen atoms in total. The fraction of sp³-hybridized carbons (Fsp3) is 0.500. The third-order valence-corrected chi connectivity index (χ3v) is 2.48. The molecule has 1 aromatic carbocycles. The van der Waals surface area contributed by atoms with Crippen LogP contribution in [0.1, 0.15) is 18.9 Å². The van der Waals surface area contributed by atoms with Gasteiger partial charge in [0.1, 0.15) is 0 Å². The highest BCUT2D eigenvalue weighted by Gasteiger charge is 2.30. The molecule has 1 aromatic rings. The van der Waals surface area contributed by atoms with Crippen LogP contribution in [0.3, 0.4) is 0 Å². The molecule has 1 N–H and O–H groups in total. The number of hydrogen-bond acceptors (Lipinski definition) is 1. The van der Waals surface area contributed by atoms with E-state index in [0.717, 1.165) is 0 Å². The first-order valence-electron chi connectivity index (χ1n) is 5.30. The maximum absolute atomic E-state index is 13.6. The lowest BCUT2D eigenvalue weighted by Crippen LogP contribution is -2.31. The molecule has 90 valence electrons. The monoisotopic (exact) mass is 247 g/mol. The summed E-state index contributed by atoms with van der Waals surface area (Å²) in [5.74, 6) is -2.82. The summed E-state index contributed by atoms with van der Waals surface area (Å²) < 4.78 is 27.2. The van der Waals surface area contributed by atoms with Crippen LogP contribution in [0.5, 0.6) is 0 Å². The van der Waals surface area contributed by atoms with Gasteiger partial charge in [-0.1, -0.05) is 30.3 Å². The van der Waals surface area contributed by atoms with Crippen LogP contribution in [0.2, 0.25) is 0 Å². The normalized spacial score (nSPS) is 13.8. The molecule has 0 spiro atoms. The number of alkyl halides is 3. The Labute approximate surface area is 99.8 Å². The lowest BCUT2D eigenvalue weighted by molar-refractivity contribution is -0.00298. The molecule has 0 saturated heterocycles. The van der Waals surface area contributed by atoms with Crippen LogP contribution in [0.15, 0.2) is 30.3 Å². The van der Waals surface area contributed by atoms with Gasteiger partial charge in [0, 0.05) is 10.9 Å². The minimum Gasteiger partial charge on any atom is -0.311 e. The molecule has 0 aliphatic heterocycles. The Bertz CT molecular complexity index is 301. The minimum absolute atomic E-state index is 0.0119. The smallest absolute Gasteiger partial charge is 0.285 e. The summed E-state index contributed by atoms with van der Waals surface area (Å²) in [4.78, 5) is 0. The van der Waals surface area contributed by atoms with Crippen LogP contribution < -0.4 is 5.32 Å². The second-order valence-electron chi connectivity index (χ2n) is 3.82. The van der Waals surface area contributed by atoms with Crippen molar-refractivity contribution >= 4 is 11.6 Å². The Morgan fingerprint density at radius 1 is 1.31 bits per heavy atom. The Hall–Kier alpha value is -0.670. The third-order valence-electron chi connectivity index (χ3n) is 2.26. The lowest BCUT2D eigenvalue weighted by atomic mass is 10.1. The summed E-state index contributed by atoms with van der Waals surface area (Å²) >= 11 is 5.72.